The van der Waals surface area contributed by atoms with Crippen molar-refractivity contribution in [3.63, 3.8) is 0 Å². The molecule has 2 heterocycles. The van der Waals surface area contributed by atoms with Crippen molar-refractivity contribution in [2.75, 3.05) is 11.5 Å². The molecule has 1 amide bonds. The Kier molecular flexibility index (Phi) is 5.37. The fourth-order valence-electron chi connectivity index (χ4n) is 2.71. The number of aryl methyl sites for hydroxylation is 1. The van der Waals surface area contributed by atoms with Crippen LogP contribution >= 0.6 is 11.8 Å². The maximum absolute atomic E-state index is 12.2. The molecule has 1 aromatic carbocycles. The zero-order valence-electron chi connectivity index (χ0n) is 13.6. The third-order valence-corrected chi connectivity index (χ3v) is 5.17. The summed E-state index contributed by atoms with van der Waals surface area (Å²) in [4.78, 5) is 23.8. The molecule has 0 unspecified atom stereocenters. The smallest absolute Gasteiger partial charge is 0.329 e. The van der Waals surface area contributed by atoms with Crippen LogP contribution in [0.3, 0.4) is 0 Å². The number of aliphatic carboxylic acids is 1. The minimum atomic E-state index is -1.15. The zero-order chi connectivity index (χ0) is 17.7. The maximum atomic E-state index is 12.2. The van der Waals surface area contributed by atoms with E-state index in [2.05, 4.69) is 15.5 Å². The van der Waals surface area contributed by atoms with Gasteiger partial charge in [-0.25, -0.2) is 4.79 Å². The van der Waals surface area contributed by atoms with Crippen molar-refractivity contribution in [1.82, 2.24) is 15.5 Å². The Morgan fingerprint density at radius 3 is 2.60 bits per heavy atom. The Hall–Kier alpha value is -2.35. The second kappa shape index (κ2) is 7.69. The van der Waals surface area contributed by atoms with Gasteiger partial charge in [0.05, 0.1) is 0 Å². The van der Waals surface area contributed by atoms with E-state index < -0.39 is 11.5 Å². The number of hydrogen-bond donors (Lipinski definition) is 2. The molecule has 0 spiro atoms. The Balaban J connectivity index is 1.57. The van der Waals surface area contributed by atoms with Crippen LogP contribution < -0.4 is 5.32 Å². The molecular formula is C17H19N3O4S. The highest BCUT2D eigenvalue weighted by Crippen LogP contribution is 2.27. The summed E-state index contributed by atoms with van der Waals surface area (Å²) in [6.45, 7) is 0. The Bertz CT molecular complexity index is 741. The number of nitrogens with zero attached hydrogens (tertiary/aromatic N) is 2. The molecule has 7 nitrogen and oxygen atoms in total. The van der Waals surface area contributed by atoms with E-state index in [1.807, 2.05) is 30.3 Å². The van der Waals surface area contributed by atoms with Crippen LogP contribution in [0.15, 0.2) is 34.7 Å². The van der Waals surface area contributed by atoms with Crippen molar-refractivity contribution in [1.29, 1.82) is 0 Å². The molecule has 2 aromatic rings. The van der Waals surface area contributed by atoms with Crippen molar-refractivity contribution in [3.8, 4) is 11.5 Å². The van der Waals surface area contributed by atoms with Crippen LogP contribution in [0.25, 0.3) is 11.5 Å². The first kappa shape index (κ1) is 17.5. The molecule has 1 aromatic heterocycles. The van der Waals surface area contributed by atoms with Crippen molar-refractivity contribution in [2.24, 2.45) is 0 Å². The molecule has 1 aliphatic heterocycles. The molecule has 25 heavy (non-hydrogen) atoms. The molecule has 3 rings (SSSR count). The summed E-state index contributed by atoms with van der Waals surface area (Å²) in [7, 11) is 0. The lowest BCUT2D eigenvalue weighted by Gasteiger charge is -2.33. The number of hydrogen-bond acceptors (Lipinski definition) is 6. The number of carboxylic acid groups (broad SMARTS) is 1. The van der Waals surface area contributed by atoms with Gasteiger partial charge in [0.2, 0.25) is 17.7 Å². The fourth-order valence-corrected chi connectivity index (χ4v) is 3.90. The lowest BCUT2D eigenvalue weighted by Crippen LogP contribution is -2.56. The Morgan fingerprint density at radius 1 is 1.20 bits per heavy atom. The van der Waals surface area contributed by atoms with E-state index in [-0.39, 0.29) is 18.7 Å². The third kappa shape index (κ3) is 4.19. The molecule has 1 fully saturated rings. The van der Waals surface area contributed by atoms with E-state index in [0.717, 1.165) is 17.1 Å². The summed E-state index contributed by atoms with van der Waals surface area (Å²) in [6, 6.07) is 9.37. The molecule has 1 aliphatic rings. The predicted molar refractivity (Wildman–Crippen MR) is 93.1 cm³/mol. The maximum Gasteiger partial charge on any atom is 0.329 e. The van der Waals surface area contributed by atoms with Crippen molar-refractivity contribution in [2.45, 2.75) is 31.2 Å². The number of benzene rings is 1. The Labute approximate surface area is 149 Å². The van der Waals surface area contributed by atoms with Gasteiger partial charge in [0.1, 0.15) is 5.54 Å². The SMILES string of the molecule is O=C(CCc1nnc(-c2ccccc2)o1)NC1(C(=O)O)CCSCC1. The van der Waals surface area contributed by atoms with Gasteiger partial charge in [0, 0.05) is 18.4 Å². The van der Waals surface area contributed by atoms with Gasteiger partial charge in [-0.05, 0) is 36.5 Å². The van der Waals surface area contributed by atoms with Gasteiger partial charge >= 0.3 is 5.97 Å². The molecule has 0 atom stereocenters. The van der Waals surface area contributed by atoms with Gasteiger partial charge in [-0.1, -0.05) is 18.2 Å². The fraction of sp³-hybridized carbons (Fsp3) is 0.412. The summed E-state index contributed by atoms with van der Waals surface area (Å²) in [5.41, 5.74) is -0.331. The lowest BCUT2D eigenvalue weighted by atomic mass is 9.92. The van der Waals surface area contributed by atoms with Crippen molar-refractivity contribution >= 4 is 23.6 Å². The Morgan fingerprint density at radius 2 is 1.92 bits per heavy atom. The van der Waals surface area contributed by atoms with Gasteiger partial charge in [-0.15, -0.1) is 10.2 Å². The summed E-state index contributed by atoms with van der Waals surface area (Å²) in [6.07, 6.45) is 1.27. The molecule has 1 saturated heterocycles. The molecule has 0 bridgehead atoms. The van der Waals surface area contributed by atoms with Gasteiger partial charge < -0.3 is 14.8 Å². The predicted octanol–water partition coefficient (Wildman–Crippen LogP) is 2.14. The summed E-state index contributed by atoms with van der Waals surface area (Å²) in [5.74, 6) is 0.951. The summed E-state index contributed by atoms with van der Waals surface area (Å²) < 4.78 is 5.56. The van der Waals surface area contributed by atoms with E-state index in [1.165, 1.54) is 0 Å². The van der Waals surface area contributed by atoms with Gasteiger partial charge in [-0.3, -0.25) is 4.79 Å². The number of carbonyl (C=O) groups excluding carboxylic acids is 1. The molecule has 2 N–H and O–H groups in total. The van der Waals surface area contributed by atoms with Crippen LogP contribution in [-0.4, -0.2) is 44.2 Å². The van der Waals surface area contributed by atoms with Crippen LogP contribution in [0.4, 0.5) is 0 Å². The number of aromatic nitrogens is 2. The molecular weight excluding hydrogens is 342 g/mol. The minimum absolute atomic E-state index is 0.110. The van der Waals surface area contributed by atoms with Crippen LogP contribution in [0.2, 0.25) is 0 Å². The van der Waals surface area contributed by atoms with E-state index in [0.29, 0.717) is 24.6 Å². The monoisotopic (exact) mass is 361 g/mol. The van der Waals surface area contributed by atoms with Crippen LogP contribution in [0.1, 0.15) is 25.2 Å². The van der Waals surface area contributed by atoms with E-state index in [9.17, 15) is 14.7 Å². The number of thioether (sulfide) groups is 1. The molecule has 132 valence electrons. The highest BCUT2D eigenvalue weighted by Gasteiger charge is 2.41. The highest BCUT2D eigenvalue weighted by molar-refractivity contribution is 7.99. The average molecular weight is 361 g/mol. The first-order chi connectivity index (χ1) is 12.1. The second-order valence-corrected chi connectivity index (χ2v) is 7.14. The normalized spacial score (nSPS) is 16.3. The van der Waals surface area contributed by atoms with Crippen LogP contribution in [-0.2, 0) is 16.0 Å². The molecule has 8 heteroatoms. The molecule has 0 radical (unpaired) electrons. The van der Waals surface area contributed by atoms with E-state index >= 15 is 0 Å². The minimum Gasteiger partial charge on any atom is -0.480 e. The number of rotatable bonds is 6. The third-order valence-electron chi connectivity index (χ3n) is 4.19. The first-order valence-corrected chi connectivity index (χ1v) is 9.24. The summed E-state index contributed by atoms with van der Waals surface area (Å²) in [5, 5.41) is 20.1. The van der Waals surface area contributed by atoms with E-state index in [4.69, 9.17) is 4.42 Å². The number of amides is 1. The van der Waals surface area contributed by atoms with E-state index in [1.54, 1.807) is 11.8 Å². The highest BCUT2D eigenvalue weighted by atomic mass is 32.2. The van der Waals surface area contributed by atoms with Crippen LogP contribution in [0.5, 0.6) is 0 Å². The number of carbonyl (C=O) groups is 2. The standard InChI is InChI=1S/C17H19N3O4S/c21-13(18-17(16(22)23)8-10-25-11-9-17)6-7-14-19-20-15(24-14)12-4-2-1-3-5-12/h1-5H,6-11H2,(H,18,21)(H,22,23). The van der Waals surface area contributed by atoms with Gasteiger partial charge in [0.15, 0.2) is 0 Å². The average Bonchev–Trinajstić information content (AvgIpc) is 3.10. The molecule has 0 aliphatic carbocycles. The summed E-state index contributed by atoms with van der Waals surface area (Å²) >= 11 is 1.70. The lowest BCUT2D eigenvalue weighted by molar-refractivity contribution is -0.148. The quantitative estimate of drug-likeness (QED) is 0.812. The van der Waals surface area contributed by atoms with Crippen molar-refractivity contribution in [3.05, 3.63) is 36.2 Å². The number of carboxylic acids is 1. The molecule has 0 saturated carbocycles. The van der Waals surface area contributed by atoms with Gasteiger partial charge in [0.25, 0.3) is 0 Å². The second-order valence-electron chi connectivity index (χ2n) is 5.91. The van der Waals surface area contributed by atoms with Gasteiger partial charge in [-0.2, -0.15) is 11.8 Å². The number of nitrogens with one attached hydrogen (secondary N) is 1. The first-order valence-electron chi connectivity index (χ1n) is 8.09. The topological polar surface area (TPSA) is 105 Å². The zero-order valence-corrected chi connectivity index (χ0v) is 14.4. The largest absolute Gasteiger partial charge is 0.480 e. The van der Waals surface area contributed by atoms with Crippen molar-refractivity contribution < 1.29 is 19.1 Å². The van der Waals surface area contributed by atoms with Crippen LogP contribution in [0, 0.1) is 0 Å².